The highest BCUT2D eigenvalue weighted by Crippen LogP contribution is 2.20. The summed E-state index contributed by atoms with van der Waals surface area (Å²) in [5.41, 5.74) is 2.43. The SMILES string of the molecule is Cc1ccc(Br)cc1NCCc1nccn1C. The number of hydrogen-bond acceptors (Lipinski definition) is 2. The van der Waals surface area contributed by atoms with Gasteiger partial charge in [-0.3, -0.25) is 0 Å². The molecule has 0 unspecified atom stereocenters. The molecule has 2 rings (SSSR count). The lowest BCUT2D eigenvalue weighted by Gasteiger charge is -2.09. The minimum Gasteiger partial charge on any atom is -0.384 e. The lowest BCUT2D eigenvalue weighted by Crippen LogP contribution is -2.09. The summed E-state index contributed by atoms with van der Waals surface area (Å²) in [5, 5.41) is 3.44. The Morgan fingerprint density at radius 2 is 2.24 bits per heavy atom. The molecule has 0 saturated carbocycles. The van der Waals surface area contributed by atoms with Gasteiger partial charge in [0.2, 0.25) is 0 Å². The predicted molar refractivity (Wildman–Crippen MR) is 74.3 cm³/mol. The van der Waals surface area contributed by atoms with E-state index in [0.29, 0.717) is 0 Å². The van der Waals surface area contributed by atoms with Crippen molar-refractivity contribution in [1.82, 2.24) is 9.55 Å². The molecular formula is C13H16BrN3. The van der Waals surface area contributed by atoms with Crippen molar-refractivity contribution >= 4 is 21.6 Å². The molecular weight excluding hydrogens is 278 g/mol. The molecule has 3 nitrogen and oxygen atoms in total. The zero-order valence-electron chi connectivity index (χ0n) is 10.1. The molecule has 4 heteroatoms. The first-order valence-electron chi connectivity index (χ1n) is 5.63. The smallest absolute Gasteiger partial charge is 0.110 e. The zero-order chi connectivity index (χ0) is 12.3. The van der Waals surface area contributed by atoms with E-state index in [2.05, 4.69) is 55.9 Å². The number of anilines is 1. The van der Waals surface area contributed by atoms with Crippen LogP contribution < -0.4 is 5.32 Å². The maximum atomic E-state index is 4.30. The van der Waals surface area contributed by atoms with Gasteiger partial charge in [-0.15, -0.1) is 0 Å². The summed E-state index contributed by atoms with van der Waals surface area (Å²) in [6, 6.07) is 6.26. The third kappa shape index (κ3) is 3.09. The number of aromatic nitrogens is 2. The van der Waals surface area contributed by atoms with E-state index < -0.39 is 0 Å². The molecule has 0 saturated heterocycles. The minimum absolute atomic E-state index is 0.891. The largest absolute Gasteiger partial charge is 0.384 e. The summed E-state index contributed by atoms with van der Waals surface area (Å²) in [6.07, 6.45) is 4.73. The summed E-state index contributed by atoms with van der Waals surface area (Å²) in [6.45, 7) is 3.00. The van der Waals surface area contributed by atoms with E-state index in [1.807, 2.05) is 19.4 Å². The molecule has 0 bridgehead atoms. The van der Waals surface area contributed by atoms with Crippen molar-refractivity contribution in [3.63, 3.8) is 0 Å². The van der Waals surface area contributed by atoms with Crippen LogP contribution in [0.5, 0.6) is 0 Å². The molecule has 0 atom stereocenters. The molecule has 0 radical (unpaired) electrons. The average molecular weight is 294 g/mol. The van der Waals surface area contributed by atoms with E-state index in [1.165, 1.54) is 11.3 Å². The molecule has 1 heterocycles. The molecule has 0 fully saturated rings. The molecule has 1 aromatic carbocycles. The van der Waals surface area contributed by atoms with Crippen molar-refractivity contribution in [3.8, 4) is 0 Å². The van der Waals surface area contributed by atoms with Crippen molar-refractivity contribution < 1.29 is 0 Å². The second kappa shape index (κ2) is 5.36. The van der Waals surface area contributed by atoms with Crippen LogP contribution >= 0.6 is 15.9 Å². The fourth-order valence-electron chi connectivity index (χ4n) is 1.73. The van der Waals surface area contributed by atoms with Gasteiger partial charge in [0.05, 0.1) is 0 Å². The Hall–Kier alpha value is -1.29. The molecule has 0 amide bonds. The summed E-state index contributed by atoms with van der Waals surface area (Å²) >= 11 is 3.48. The van der Waals surface area contributed by atoms with Gasteiger partial charge in [0.1, 0.15) is 5.82 Å². The third-order valence-corrected chi connectivity index (χ3v) is 3.28. The van der Waals surface area contributed by atoms with Gasteiger partial charge >= 0.3 is 0 Å². The molecule has 1 N–H and O–H groups in total. The minimum atomic E-state index is 0.891. The van der Waals surface area contributed by atoms with E-state index in [-0.39, 0.29) is 0 Å². The Morgan fingerprint density at radius 3 is 2.94 bits per heavy atom. The Morgan fingerprint density at radius 1 is 1.41 bits per heavy atom. The normalized spacial score (nSPS) is 10.5. The first-order valence-corrected chi connectivity index (χ1v) is 6.42. The van der Waals surface area contributed by atoms with Crippen molar-refractivity contribution in [2.45, 2.75) is 13.3 Å². The number of benzene rings is 1. The van der Waals surface area contributed by atoms with Gasteiger partial charge in [-0.25, -0.2) is 4.98 Å². The van der Waals surface area contributed by atoms with Gasteiger partial charge in [0.15, 0.2) is 0 Å². The van der Waals surface area contributed by atoms with Crippen LogP contribution in [0.2, 0.25) is 0 Å². The van der Waals surface area contributed by atoms with Crippen molar-refractivity contribution in [3.05, 3.63) is 46.5 Å². The molecule has 0 aliphatic rings. The third-order valence-electron chi connectivity index (χ3n) is 2.78. The van der Waals surface area contributed by atoms with E-state index in [4.69, 9.17) is 0 Å². The number of halogens is 1. The predicted octanol–water partition coefficient (Wildman–Crippen LogP) is 3.15. The van der Waals surface area contributed by atoms with E-state index in [9.17, 15) is 0 Å². The number of aryl methyl sites for hydroxylation is 2. The van der Waals surface area contributed by atoms with Gasteiger partial charge in [0.25, 0.3) is 0 Å². The van der Waals surface area contributed by atoms with E-state index >= 15 is 0 Å². The van der Waals surface area contributed by atoms with Crippen molar-refractivity contribution in [1.29, 1.82) is 0 Å². The zero-order valence-corrected chi connectivity index (χ0v) is 11.7. The summed E-state index contributed by atoms with van der Waals surface area (Å²) in [4.78, 5) is 4.30. The number of rotatable bonds is 4. The van der Waals surface area contributed by atoms with E-state index in [1.54, 1.807) is 0 Å². The van der Waals surface area contributed by atoms with Gasteiger partial charge in [-0.2, -0.15) is 0 Å². The van der Waals surface area contributed by atoms with Crippen LogP contribution in [0.3, 0.4) is 0 Å². The Labute approximate surface area is 110 Å². The number of nitrogens with zero attached hydrogens (tertiary/aromatic N) is 2. The van der Waals surface area contributed by atoms with Crippen molar-refractivity contribution in [2.24, 2.45) is 7.05 Å². The van der Waals surface area contributed by atoms with Crippen molar-refractivity contribution in [2.75, 3.05) is 11.9 Å². The van der Waals surface area contributed by atoms with Crippen LogP contribution in [-0.2, 0) is 13.5 Å². The summed E-state index contributed by atoms with van der Waals surface area (Å²) in [5.74, 6) is 1.10. The average Bonchev–Trinajstić information content (AvgIpc) is 2.70. The first kappa shape index (κ1) is 12.2. The molecule has 90 valence electrons. The second-order valence-electron chi connectivity index (χ2n) is 4.09. The maximum absolute atomic E-state index is 4.30. The lowest BCUT2D eigenvalue weighted by molar-refractivity contribution is 0.789. The van der Waals surface area contributed by atoms with Gasteiger partial charge in [-0.05, 0) is 24.6 Å². The standard InChI is InChI=1S/C13H16BrN3/c1-10-3-4-11(14)9-12(10)15-6-5-13-16-7-8-17(13)2/h3-4,7-9,15H,5-6H2,1-2H3. The molecule has 0 aliphatic heterocycles. The Bertz CT molecular complexity index is 505. The second-order valence-corrected chi connectivity index (χ2v) is 5.01. The summed E-state index contributed by atoms with van der Waals surface area (Å²) < 4.78 is 3.15. The van der Waals surface area contributed by atoms with Crippen LogP contribution in [-0.4, -0.2) is 16.1 Å². The number of nitrogens with one attached hydrogen (secondary N) is 1. The Balaban J connectivity index is 1.94. The van der Waals surface area contributed by atoms with Crippen LogP contribution in [0.15, 0.2) is 35.1 Å². The fraction of sp³-hybridized carbons (Fsp3) is 0.308. The van der Waals surface area contributed by atoms with Crippen LogP contribution in [0.25, 0.3) is 0 Å². The summed E-state index contributed by atoms with van der Waals surface area (Å²) in [7, 11) is 2.02. The number of imidazole rings is 1. The van der Waals surface area contributed by atoms with Gasteiger partial charge < -0.3 is 9.88 Å². The molecule has 17 heavy (non-hydrogen) atoms. The monoisotopic (exact) mass is 293 g/mol. The molecule has 2 aromatic rings. The molecule has 0 spiro atoms. The van der Waals surface area contributed by atoms with Crippen LogP contribution in [0, 0.1) is 6.92 Å². The highest BCUT2D eigenvalue weighted by Gasteiger charge is 2.01. The quantitative estimate of drug-likeness (QED) is 0.939. The number of hydrogen-bond donors (Lipinski definition) is 1. The van der Waals surface area contributed by atoms with Gasteiger partial charge in [-0.1, -0.05) is 22.0 Å². The Kier molecular flexibility index (Phi) is 3.84. The first-order chi connectivity index (χ1) is 8.16. The fourth-order valence-corrected chi connectivity index (χ4v) is 2.09. The van der Waals surface area contributed by atoms with Gasteiger partial charge in [0, 0.05) is 42.6 Å². The van der Waals surface area contributed by atoms with E-state index in [0.717, 1.165) is 23.3 Å². The maximum Gasteiger partial charge on any atom is 0.110 e. The highest BCUT2D eigenvalue weighted by molar-refractivity contribution is 9.10. The topological polar surface area (TPSA) is 29.9 Å². The van der Waals surface area contributed by atoms with Crippen LogP contribution in [0.1, 0.15) is 11.4 Å². The van der Waals surface area contributed by atoms with Crippen LogP contribution in [0.4, 0.5) is 5.69 Å². The molecule has 0 aliphatic carbocycles. The highest BCUT2D eigenvalue weighted by atomic mass is 79.9. The molecule has 1 aromatic heterocycles. The lowest BCUT2D eigenvalue weighted by atomic mass is 10.2.